The molecular weight excluding hydrogens is 405 g/mol. The van der Waals surface area contributed by atoms with Gasteiger partial charge in [-0.3, -0.25) is 20.2 Å². The summed E-state index contributed by atoms with van der Waals surface area (Å²) in [5.74, 6) is 0.676. The molecule has 0 bridgehead atoms. The van der Waals surface area contributed by atoms with E-state index >= 15 is 0 Å². The van der Waals surface area contributed by atoms with Crippen molar-refractivity contribution in [1.82, 2.24) is 15.9 Å². The van der Waals surface area contributed by atoms with Gasteiger partial charge in [-0.15, -0.1) is 0 Å². The van der Waals surface area contributed by atoms with Crippen molar-refractivity contribution in [2.45, 2.75) is 0 Å². The molecule has 2 aromatic carbocycles. The van der Waals surface area contributed by atoms with Gasteiger partial charge in [0.1, 0.15) is 5.82 Å². The molecule has 3 rings (SSSR count). The lowest BCUT2D eigenvalue weighted by molar-refractivity contribution is -0.124. The highest BCUT2D eigenvalue weighted by Gasteiger charge is 2.17. The van der Waals surface area contributed by atoms with E-state index in [1.54, 1.807) is 36.4 Å². The van der Waals surface area contributed by atoms with Gasteiger partial charge in [-0.1, -0.05) is 36.4 Å². The second-order valence-corrected chi connectivity index (χ2v) is 7.81. The predicted molar refractivity (Wildman–Crippen MR) is 117 cm³/mol. The maximum absolute atomic E-state index is 13.4. The molecule has 1 heterocycles. The van der Waals surface area contributed by atoms with E-state index in [0.29, 0.717) is 11.1 Å². The van der Waals surface area contributed by atoms with E-state index in [-0.39, 0.29) is 11.7 Å². The fourth-order valence-corrected chi connectivity index (χ4v) is 3.77. The molecule has 8 heteroatoms. The Morgan fingerprint density at radius 2 is 1.63 bits per heavy atom. The van der Waals surface area contributed by atoms with Crippen molar-refractivity contribution in [3.63, 3.8) is 0 Å². The van der Waals surface area contributed by atoms with Crippen molar-refractivity contribution in [3.05, 3.63) is 77.1 Å². The van der Waals surface area contributed by atoms with Crippen LogP contribution >= 0.6 is 11.8 Å². The summed E-state index contributed by atoms with van der Waals surface area (Å²) in [5, 5.41) is 10.4. The van der Waals surface area contributed by atoms with Crippen LogP contribution in [-0.2, 0) is 9.59 Å². The number of hydrogen-bond acceptors (Lipinski definition) is 5. The van der Waals surface area contributed by atoms with Crippen LogP contribution < -0.4 is 10.9 Å². The van der Waals surface area contributed by atoms with Crippen LogP contribution in [0.3, 0.4) is 0 Å². The number of thioether (sulfide) groups is 1. The number of hydroxylamine groups is 1. The van der Waals surface area contributed by atoms with Crippen molar-refractivity contribution >= 4 is 41.3 Å². The second kappa shape index (κ2) is 10.7. The lowest BCUT2D eigenvalue weighted by Crippen LogP contribution is -2.46. The number of amides is 2. The standard InChI is InChI=1S/C22H22FN3O3S/c23-19-8-6-18(7-9-19)20(22(28)24-26-11-13-30-14-12-26)15-17-3-1-16(2-4-17)5-10-21(27)25-29/h1-10,15,29H,11-14H2,(H,24,28)(H,25,27)/b10-5+,20-15-. The van der Waals surface area contributed by atoms with Crippen molar-refractivity contribution in [3.8, 4) is 0 Å². The van der Waals surface area contributed by atoms with Crippen LogP contribution in [0.2, 0.25) is 0 Å². The minimum atomic E-state index is -0.620. The van der Waals surface area contributed by atoms with Gasteiger partial charge in [-0.2, -0.15) is 11.8 Å². The summed E-state index contributed by atoms with van der Waals surface area (Å²) in [6.45, 7) is 1.55. The van der Waals surface area contributed by atoms with Gasteiger partial charge in [0.05, 0.1) is 0 Å². The van der Waals surface area contributed by atoms with Gasteiger partial charge >= 0.3 is 0 Å². The van der Waals surface area contributed by atoms with E-state index in [9.17, 15) is 14.0 Å². The van der Waals surface area contributed by atoms with Crippen LogP contribution in [0, 0.1) is 5.82 Å². The molecule has 0 unspecified atom stereocenters. The third-order valence-corrected chi connectivity index (χ3v) is 5.40. The SMILES string of the molecule is O=C(/C=C/c1ccc(/C=C(\C(=O)NN2CCSCC2)c2ccc(F)cc2)cc1)NO. The van der Waals surface area contributed by atoms with Crippen LogP contribution in [0.4, 0.5) is 4.39 Å². The van der Waals surface area contributed by atoms with E-state index < -0.39 is 5.91 Å². The number of nitrogens with zero attached hydrogens (tertiary/aromatic N) is 1. The van der Waals surface area contributed by atoms with Crippen LogP contribution in [-0.4, -0.2) is 46.6 Å². The van der Waals surface area contributed by atoms with Gasteiger partial charge in [-0.05, 0) is 41.0 Å². The van der Waals surface area contributed by atoms with Crippen LogP contribution in [0.5, 0.6) is 0 Å². The number of rotatable bonds is 6. The van der Waals surface area contributed by atoms with E-state index in [1.165, 1.54) is 23.7 Å². The first-order valence-electron chi connectivity index (χ1n) is 9.39. The van der Waals surface area contributed by atoms with Crippen molar-refractivity contribution < 1.29 is 19.2 Å². The van der Waals surface area contributed by atoms with E-state index in [4.69, 9.17) is 5.21 Å². The monoisotopic (exact) mass is 427 g/mol. The lowest BCUT2D eigenvalue weighted by Gasteiger charge is -2.27. The Hall–Kier alpha value is -2.94. The van der Waals surface area contributed by atoms with Gasteiger partial charge in [0.25, 0.3) is 11.8 Å². The van der Waals surface area contributed by atoms with Gasteiger partial charge in [0.2, 0.25) is 0 Å². The summed E-state index contributed by atoms with van der Waals surface area (Å²) in [7, 11) is 0. The Morgan fingerprint density at radius 1 is 1.00 bits per heavy atom. The zero-order chi connectivity index (χ0) is 21.3. The van der Waals surface area contributed by atoms with Crippen LogP contribution in [0.15, 0.2) is 54.6 Å². The molecule has 0 spiro atoms. The number of hydrogen-bond donors (Lipinski definition) is 3. The van der Waals surface area contributed by atoms with Crippen molar-refractivity contribution in [1.29, 1.82) is 0 Å². The number of nitrogens with one attached hydrogen (secondary N) is 2. The predicted octanol–water partition coefficient (Wildman–Crippen LogP) is 2.96. The molecule has 1 fully saturated rings. The van der Waals surface area contributed by atoms with E-state index in [0.717, 1.165) is 35.7 Å². The number of carbonyl (C=O) groups is 2. The molecule has 30 heavy (non-hydrogen) atoms. The molecule has 156 valence electrons. The number of halogens is 1. The number of carbonyl (C=O) groups excluding carboxylic acids is 2. The molecule has 3 N–H and O–H groups in total. The highest BCUT2D eigenvalue weighted by Crippen LogP contribution is 2.20. The van der Waals surface area contributed by atoms with E-state index in [2.05, 4.69) is 5.43 Å². The van der Waals surface area contributed by atoms with Gasteiger partial charge in [0.15, 0.2) is 0 Å². The molecule has 0 aliphatic carbocycles. The molecule has 0 atom stereocenters. The summed E-state index contributed by atoms with van der Waals surface area (Å²) in [5.41, 5.74) is 7.05. The number of benzene rings is 2. The third-order valence-electron chi connectivity index (χ3n) is 4.46. The van der Waals surface area contributed by atoms with E-state index in [1.807, 2.05) is 28.9 Å². The van der Waals surface area contributed by atoms with Gasteiger partial charge in [-0.25, -0.2) is 14.9 Å². The van der Waals surface area contributed by atoms with Crippen molar-refractivity contribution in [2.75, 3.05) is 24.6 Å². The minimum Gasteiger partial charge on any atom is -0.288 e. The maximum Gasteiger partial charge on any atom is 0.267 e. The summed E-state index contributed by atoms with van der Waals surface area (Å²) >= 11 is 1.85. The maximum atomic E-state index is 13.4. The molecule has 0 aromatic heterocycles. The smallest absolute Gasteiger partial charge is 0.267 e. The zero-order valence-corrected chi connectivity index (χ0v) is 17.0. The molecule has 6 nitrogen and oxygen atoms in total. The largest absolute Gasteiger partial charge is 0.288 e. The fourth-order valence-electron chi connectivity index (χ4n) is 2.87. The quantitative estimate of drug-likeness (QED) is 0.286. The first-order valence-corrected chi connectivity index (χ1v) is 10.5. The Balaban J connectivity index is 1.84. The Kier molecular flexibility index (Phi) is 7.78. The summed E-state index contributed by atoms with van der Waals surface area (Å²) < 4.78 is 13.4. The van der Waals surface area contributed by atoms with Crippen LogP contribution in [0.25, 0.3) is 17.7 Å². The molecule has 0 radical (unpaired) electrons. The fraction of sp³-hybridized carbons (Fsp3) is 0.182. The molecule has 2 aromatic rings. The first kappa shape index (κ1) is 21.8. The summed E-state index contributed by atoms with van der Waals surface area (Å²) in [6.07, 6.45) is 4.51. The van der Waals surface area contributed by atoms with Crippen LogP contribution in [0.1, 0.15) is 16.7 Å². The average Bonchev–Trinajstić information content (AvgIpc) is 2.78. The highest BCUT2D eigenvalue weighted by molar-refractivity contribution is 7.99. The molecule has 1 aliphatic rings. The lowest BCUT2D eigenvalue weighted by atomic mass is 10.0. The zero-order valence-electron chi connectivity index (χ0n) is 16.2. The summed E-state index contributed by atoms with van der Waals surface area (Å²) in [6, 6.07) is 13.0. The molecular formula is C22H22FN3O3S. The molecule has 2 amide bonds. The summed E-state index contributed by atoms with van der Waals surface area (Å²) in [4.78, 5) is 24.1. The third kappa shape index (κ3) is 6.28. The van der Waals surface area contributed by atoms with Crippen molar-refractivity contribution in [2.24, 2.45) is 0 Å². The number of hydrazine groups is 1. The highest BCUT2D eigenvalue weighted by atomic mass is 32.2. The molecule has 1 saturated heterocycles. The average molecular weight is 428 g/mol. The Bertz CT molecular complexity index is 937. The Labute approximate surface area is 178 Å². The molecule has 1 aliphatic heterocycles. The second-order valence-electron chi connectivity index (χ2n) is 6.58. The van der Waals surface area contributed by atoms with Gasteiger partial charge < -0.3 is 0 Å². The first-order chi connectivity index (χ1) is 14.5. The Morgan fingerprint density at radius 3 is 2.27 bits per heavy atom. The normalized spacial score (nSPS) is 15.2. The topological polar surface area (TPSA) is 81.7 Å². The molecule has 0 saturated carbocycles. The van der Waals surface area contributed by atoms with Gasteiger partial charge in [0, 0.05) is 36.2 Å². The minimum absolute atomic E-state index is 0.253.